The number of carbonyl (C=O) groups excluding carboxylic acids is 1. The number of Topliss-reactive ketones (excluding diaryl/α,β-unsaturated/α-hetero) is 1. The van der Waals surface area contributed by atoms with Gasteiger partial charge in [0.25, 0.3) is 0 Å². The molecule has 0 radical (unpaired) electrons. The molecule has 0 aromatic carbocycles. The highest BCUT2D eigenvalue weighted by Crippen LogP contribution is 2.58. The van der Waals surface area contributed by atoms with Gasteiger partial charge in [0.2, 0.25) is 0 Å². The van der Waals surface area contributed by atoms with Gasteiger partial charge in [0.15, 0.2) is 5.78 Å². The van der Waals surface area contributed by atoms with E-state index in [-0.39, 0.29) is 5.54 Å². The van der Waals surface area contributed by atoms with Crippen molar-refractivity contribution in [2.75, 3.05) is 0 Å². The first-order valence-corrected chi connectivity index (χ1v) is 4.55. The van der Waals surface area contributed by atoms with Crippen LogP contribution in [-0.4, -0.2) is 11.3 Å². The van der Waals surface area contributed by atoms with Gasteiger partial charge in [-0.3, -0.25) is 4.79 Å². The Kier molecular flexibility index (Phi) is 0.861. The number of hydrogen-bond acceptors (Lipinski definition) is 2. The molecule has 3 aliphatic carbocycles. The number of nitrogens with two attached hydrogens (primary N) is 1. The summed E-state index contributed by atoms with van der Waals surface area (Å²) in [7, 11) is 0. The summed E-state index contributed by atoms with van der Waals surface area (Å²) in [6.07, 6.45) is 4.62. The molecule has 3 fully saturated rings. The van der Waals surface area contributed by atoms with E-state index in [1.807, 2.05) is 0 Å². The van der Waals surface area contributed by atoms with Gasteiger partial charge in [-0.05, 0) is 37.5 Å². The minimum atomic E-state index is -0.341. The molecule has 0 saturated heterocycles. The molecule has 0 aromatic heterocycles. The minimum absolute atomic E-state index is 0.341. The maximum Gasteiger partial charge on any atom is 0.156 e. The van der Waals surface area contributed by atoms with Gasteiger partial charge in [-0.15, -0.1) is 0 Å². The first-order chi connectivity index (χ1) is 5.22. The molecule has 11 heavy (non-hydrogen) atoms. The van der Waals surface area contributed by atoms with Gasteiger partial charge < -0.3 is 5.73 Å². The van der Waals surface area contributed by atoms with Crippen molar-refractivity contribution in [3.8, 4) is 0 Å². The van der Waals surface area contributed by atoms with Crippen LogP contribution in [0.2, 0.25) is 0 Å². The predicted molar refractivity (Wildman–Crippen MR) is 40.9 cm³/mol. The Morgan fingerprint density at radius 1 is 1.45 bits per heavy atom. The Labute approximate surface area is 66.1 Å². The van der Waals surface area contributed by atoms with Crippen molar-refractivity contribution in [3.05, 3.63) is 0 Å². The van der Waals surface area contributed by atoms with E-state index in [1.165, 1.54) is 12.8 Å². The molecule has 2 nitrogen and oxygen atoms in total. The van der Waals surface area contributed by atoms with E-state index in [0.717, 1.165) is 18.8 Å². The van der Waals surface area contributed by atoms with Crippen molar-refractivity contribution < 1.29 is 4.79 Å². The number of rotatable bonds is 0. The van der Waals surface area contributed by atoms with E-state index in [9.17, 15) is 4.79 Å². The van der Waals surface area contributed by atoms with Crippen molar-refractivity contribution in [3.63, 3.8) is 0 Å². The summed E-state index contributed by atoms with van der Waals surface area (Å²) in [6.45, 7) is 0. The summed E-state index contributed by atoms with van der Waals surface area (Å²) >= 11 is 0. The molecular weight excluding hydrogens is 138 g/mol. The standard InChI is InChI=1S/C9H13NO/c10-9-4-5-1-2-6(8(9)11)7(9)3-5/h5-7H,1-4,10H2/t5-,6+,7-,9+/m1/s1. The quantitative estimate of drug-likeness (QED) is 0.554. The highest BCUT2D eigenvalue weighted by Gasteiger charge is 2.65. The molecule has 0 unspecified atom stereocenters. The van der Waals surface area contributed by atoms with Crippen LogP contribution < -0.4 is 5.73 Å². The first-order valence-electron chi connectivity index (χ1n) is 4.55. The van der Waals surface area contributed by atoms with Crippen LogP contribution in [0.15, 0.2) is 0 Å². The lowest BCUT2D eigenvalue weighted by Crippen LogP contribution is -2.66. The van der Waals surface area contributed by atoms with Crippen LogP contribution in [0.25, 0.3) is 0 Å². The number of carbonyl (C=O) groups is 1. The molecule has 0 aromatic rings. The lowest BCUT2D eigenvalue weighted by molar-refractivity contribution is -0.144. The third kappa shape index (κ3) is 0.496. The van der Waals surface area contributed by atoms with Gasteiger partial charge in [-0.25, -0.2) is 0 Å². The zero-order valence-electron chi connectivity index (χ0n) is 6.55. The molecule has 3 saturated carbocycles. The summed E-state index contributed by atoms with van der Waals surface area (Å²) in [6, 6.07) is 0. The Morgan fingerprint density at radius 3 is 3.09 bits per heavy atom. The van der Waals surface area contributed by atoms with Gasteiger partial charge in [-0.2, -0.15) is 0 Å². The zero-order valence-corrected chi connectivity index (χ0v) is 6.55. The van der Waals surface area contributed by atoms with Crippen LogP contribution in [0.5, 0.6) is 0 Å². The second-order valence-corrected chi connectivity index (χ2v) is 4.50. The van der Waals surface area contributed by atoms with E-state index >= 15 is 0 Å². The second-order valence-electron chi connectivity index (χ2n) is 4.50. The number of hydrogen-bond donors (Lipinski definition) is 1. The van der Waals surface area contributed by atoms with Gasteiger partial charge in [0.1, 0.15) is 0 Å². The Hall–Kier alpha value is -0.370. The fourth-order valence-electron chi connectivity index (χ4n) is 3.49. The smallest absolute Gasteiger partial charge is 0.156 e. The van der Waals surface area contributed by atoms with E-state index in [1.54, 1.807) is 0 Å². The zero-order chi connectivity index (χ0) is 7.64. The lowest BCUT2D eigenvalue weighted by atomic mass is 9.58. The molecule has 0 heterocycles. The predicted octanol–water partition coefficient (Wildman–Crippen LogP) is 0.703. The van der Waals surface area contributed by atoms with Crippen LogP contribution >= 0.6 is 0 Å². The van der Waals surface area contributed by atoms with E-state index in [4.69, 9.17) is 5.73 Å². The SMILES string of the molecule is N[C@]12C[C@@H]3CC[C@H](C1=O)[C@H]2C3. The molecular formula is C9H13NO. The minimum Gasteiger partial charge on any atom is -0.319 e. The average molecular weight is 151 g/mol. The molecule has 3 rings (SSSR count). The Bertz CT molecular complexity index is 238. The molecule has 3 aliphatic rings. The van der Waals surface area contributed by atoms with Gasteiger partial charge in [0, 0.05) is 5.92 Å². The van der Waals surface area contributed by atoms with Gasteiger partial charge in [0.05, 0.1) is 5.54 Å². The van der Waals surface area contributed by atoms with Crippen molar-refractivity contribution >= 4 is 5.78 Å². The van der Waals surface area contributed by atoms with E-state index < -0.39 is 0 Å². The van der Waals surface area contributed by atoms with Crippen LogP contribution in [0, 0.1) is 17.8 Å². The summed E-state index contributed by atoms with van der Waals surface area (Å²) in [5.41, 5.74) is 5.68. The molecule has 4 atom stereocenters. The third-order valence-electron chi connectivity index (χ3n) is 4.04. The molecule has 0 spiro atoms. The summed E-state index contributed by atoms with van der Waals surface area (Å²) in [4.78, 5) is 11.5. The van der Waals surface area contributed by atoms with Crippen LogP contribution in [0.1, 0.15) is 25.7 Å². The maximum atomic E-state index is 11.5. The largest absolute Gasteiger partial charge is 0.319 e. The summed E-state index contributed by atoms with van der Waals surface area (Å²) in [5, 5.41) is 0. The molecule has 2 N–H and O–H groups in total. The van der Waals surface area contributed by atoms with Crippen molar-refractivity contribution in [2.45, 2.75) is 31.2 Å². The molecule has 2 heteroatoms. The number of fused-ring (bicyclic) bond motifs is 1. The molecule has 2 bridgehead atoms. The monoisotopic (exact) mass is 151 g/mol. The van der Waals surface area contributed by atoms with Crippen molar-refractivity contribution in [2.24, 2.45) is 23.5 Å². The fraction of sp³-hybridized carbons (Fsp3) is 0.889. The average Bonchev–Trinajstić information content (AvgIpc) is 2.13. The molecule has 0 amide bonds. The van der Waals surface area contributed by atoms with Crippen molar-refractivity contribution in [1.82, 2.24) is 0 Å². The third-order valence-corrected chi connectivity index (χ3v) is 4.04. The summed E-state index contributed by atoms with van der Waals surface area (Å²) in [5.74, 6) is 2.11. The van der Waals surface area contributed by atoms with Crippen molar-refractivity contribution in [1.29, 1.82) is 0 Å². The number of ketones is 1. The van der Waals surface area contributed by atoms with E-state index in [0.29, 0.717) is 17.6 Å². The second kappa shape index (κ2) is 1.53. The Balaban J connectivity index is 2.06. The van der Waals surface area contributed by atoms with Gasteiger partial charge >= 0.3 is 0 Å². The Morgan fingerprint density at radius 2 is 2.27 bits per heavy atom. The van der Waals surface area contributed by atoms with Crippen LogP contribution in [0.3, 0.4) is 0 Å². The van der Waals surface area contributed by atoms with Crippen LogP contribution in [-0.2, 0) is 4.79 Å². The maximum absolute atomic E-state index is 11.5. The van der Waals surface area contributed by atoms with Gasteiger partial charge in [-0.1, -0.05) is 0 Å². The molecule has 0 aliphatic heterocycles. The highest BCUT2D eigenvalue weighted by molar-refractivity contribution is 5.98. The highest BCUT2D eigenvalue weighted by atomic mass is 16.1. The lowest BCUT2D eigenvalue weighted by Gasteiger charge is -2.47. The fourth-order valence-corrected chi connectivity index (χ4v) is 3.49. The van der Waals surface area contributed by atoms with Crippen LogP contribution in [0.4, 0.5) is 0 Å². The summed E-state index contributed by atoms with van der Waals surface area (Å²) < 4.78 is 0. The topological polar surface area (TPSA) is 43.1 Å². The molecule has 60 valence electrons. The van der Waals surface area contributed by atoms with E-state index in [2.05, 4.69) is 0 Å². The normalized spacial score (nSPS) is 59.4. The first kappa shape index (κ1) is 6.18.